The number of benzene rings is 1. The van der Waals surface area contributed by atoms with Gasteiger partial charge in [0, 0.05) is 5.02 Å². The maximum Gasteiger partial charge on any atom is 0.125 e. The Morgan fingerprint density at radius 2 is 2.17 bits per heavy atom. The molecule has 0 saturated carbocycles. The molecule has 0 aliphatic rings. The Morgan fingerprint density at radius 1 is 1.33 bits per heavy atom. The number of furan rings is 1. The van der Waals surface area contributed by atoms with Gasteiger partial charge in [-0.2, -0.15) is 0 Å². The zero-order valence-corrected chi connectivity index (χ0v) is 11.5. The molecule has 0 fully saturated rings. The van der Waals surface area contributed by atoms with Crippen LogP contribution in [0.5, 0.6) is 0 Å². The molecule has 96 valence electrons. The van der Waals surface area contributed by atoms with Crippen LogP contribution in [0.1, 0.15) is 36.3 Å². The van der Waals surface area contributed by atoms with E-state index in [0.717, 1.165) is 29.3 Å². The first-order valence-corrected chi connectivity index (χ1v) is 6.63. The predicted octanol–water partition coefficient (Wildman–Crippen LogP) is 4.33. The largest absolute Gasteiger partial charge is 0.467 e. The molecule has 3 heteroatoms. The van der Waals surface area contributed by atoms with Gasteiger partial charge < -0.3 is 9.73 Å². The van der Waals surface area contributed by atoms with Crippen molar-refractivity contribution in [3.8, 4) is 0 Å². The van der Waals surface area contributed by atoms with E-state index in [1.165, 1.54) is 5.56 Å². The predicted molar refractivity (Wildman–Crippen MR) is 75.0 cm³/mol. The fourth-order valence-electron chi connectivity index (χ4n) is 1.97. The number of halogens is 1. The molecular weight excluding hydrogens is 246 g/mol. The third-order valence-corrected chi connectivity index (χ3v) is 3.37. The van der Waals surface area contributed by atoms with E-state index in [-0.39, 0.29) is 6.04 Å². The number of hydrogen-bond donors (Lipinski definition) is 1. The van der Waals surface area contributed by atoms with Crippen LogP contribution in [0.4, 0.5) is 0 Å². The molecule has 0 bridgehead atoms. The molecule has 0 radical (unpaired) electrons. The van der Waals surface area contributed by atoms with Crippen LogP contribution < -0.4 is 5.32 Å². The van der Waals surface area contributed by atoms with Crippen molar-refractivity contribution in [3.63, 3.8) is 0 Å². The maximum atomic E-state index is 6.07. The standard InChI is InChI=1S/C15H18ClNO/c1-3-8-17-15(14-5-4-9-18-14)12-6-7-13(16)11(2)10-12/h4-7,9-10,15,17H,3,8H2,1-2H3. The van der Waals surface area contributed by atoms with Crippen molar-refractivity contribution in [1.82, 2.24) is 5.32 Å². The minimum Gasteiger partial charge on any atom is -0.467 e. The Balaban J connectivity index is 2.30. The summed E-state index contributed by atoms with van der Waals surface area (Å²) in [5.41, 5.74) is 2.27. The van der Waals surface area contributed by atoms with E-state index in [1.54, 1.807) is 6.26 Å². The molecule has 0 spiro atoms. The van der Waals surface area contributed by atoms with E-state index >= 15 is 0 Å². The molecule has 1 N–H and O–H groups in total. The summed E-state index contributed by atoms with van der Waals surface area (Å²) in [4.78, 5) is 0. The normalized spacial score (nSPS) is 12.6. The van der Waals surface area contributed by atoms with E-state index in [4.69, 9.17) is 16.0 Å². The van der Waals surface area contributed by atoms with Crippen LogP contribution in [-0.2, 0) is 0 Å². The lowest BCUT2D eigenvalue weighted by atomic mass is 10.0. The van der Waals surface area contributed by atoms with E-state index in [9.17, 15) is 0 Å². The highest BCUT2D eigenvalue weighted by Crippen LogP contribution is 2.26. The fraction of sp³-hybridized carbons (Fsp3) is 0.333. The average molecular weight is 264 g/mol. The van der Waals surface area contributed by atoms with Gasteiger partial charge in [-0.05, 0) is 49.2 Å². The summed E-state index contributed by atoms with van der Waals surface area (Å²) in [6, 6.07) is 10.1. The molecule has 2 nitrogen and oxygen atoms in total. The Kier molecular flexibility index (Phi) is 4.45. The van der Waals surface area contributed by atoms with Crippen molar-refractivity contribution < 1.29 is 4.42 Å². The molecule has 0 aliphatic carbocycles. The lowest BCUT2D eigenvalue weighted by molar-refractivity contribution is 0.446. The summed E-state index contributed by atoms with van der Waals surface area (Å²) in [5.74, 6) is 0.935. The number of hydrogen-bond acceptors (Lipinski definition) is 2. The quantitative estimate of drug-likeness (QED) is 0.869. The van der Waals surface area contributed by atoms with E-state index in [1.807, 2.05) is 31.2 Å². The van der Waals surface area contributed by atoms with Gasteiger partial charge in [0.05, 0.1) is 12.3 Å². The van der Waals surface area contributed by atoms with Crippen molar-refractivity contribution in [2.75, 3.05) is 6.54 Å². The van der Waals surface area contributed by atoms with Gasteiger partial charge in [-0.1, -0.05) is 30.7 Å². The molecule has 0 saturated heterocycles. The molecule has 1 aromatic carbocycles. The fourth-order valence-corrected chi connectivity index (χ4v) is 2.09. The third kappa shape index (κ3) is 2.95. The molecular formula is C15H18ClNO. The first-order chi connectivity index (χ1) is 8.72. The lowest BCUT2D eigenvalue weighted by Gasteiger charge is -2.17. The summed E-state index contributed by atoms with van der Waals surface area (Å²) < 4.78 is 5.52. The number of rotatable bonds is 5. The van der Waals surface area contributed by atoms with Crippen LogP contribution in [0.2, 0.25) is 5.02 Å². The Labute approximate surface area is 113 Å². The SMILES string of the molecule is CCCNC(c1ccc(Cl)c(C)c1)c1ccco1. The second kappa shape index (κ2) is 6.07. The summed E-state index contributed by atoms with van der Waals surface area (Å²) in [6.07, 6.45) is 2.79. The lowest BCUT2D eigenvalue weighted by Crippen LogP contribution is -2.22. The summed E-state index contributed by atoms with van der Waals surface area (Å²) in [5, 5.41) is 4.30. The minimum atomic E-state index is 0.0934. The minimum absolute atomic E-state index is 0.0934. The Hall–Kier alpha value is -1.25. The Morgan fingerprint density at radius 3 is 2.78 bits per heavy atom. The molecule has 2 aromatic rings. The van der Waals surface area contributed by atoms with Gasteiger partial charge in [-0.15, -0.1) is 0 Å². The van der Waals surface area contributed by atoms with Crippen LogP contribution in [-0.4, -0.2) is 6.54 Å². The smallest absolute Gasteiger partial charge is 0.125 e. The zero-order valence-electron chi connectivity index (χ0n) is 10.7. The summed E-state index contributed by atoms with van der Waals surface area (Å²) in [7, 11) is 0. The topological polar surface area (TPSA) is 25.2 Å². The highest BCUT2D eigenvalue weighted by molar-refractivity contribution is 6.31. The molecule has 1 aromatic heterocycles. The number of nitrogens with one attached hydrogen (secondary N) is 1. The van der Waals surface area contributed by atoms with Gasteiger partial charge in [-0.25, -0.2) is 0 Å². The van der Waals surface area contributed by atoms with Crippen LogP contribution in [0.15, 0.2) is 41.0 Å². The van der Waals surface area contributed by atoms with Gasteiger partial charge in [-0.3, -0.25) is 0 Å². The van der Waals surface area contributed by atoms with Crippen molar-refractivity contribution in [1.29, 1.82) is 0 Å². The van der Waals surface area contributed by atoms with Gasteiger partial charge in [0.15, 0.2) is 0 Å². The molecule has 2 rings (SSSR count). The van der Waals surface area contributed by atoms with Gasteiger partial charge in [0.1, 0.15) is 5.76 Å². The van der Waals surface area contributed by atoms with E-state index in [0.29, 0.717) is 0 Å². The van der Waals surface area contributed by atoms with Crippen molar-refractivity contribution in [3.05, 3.63) is 58.5 Å². The molecule has 0 amide bonds. The molecule has 18 heavy (non-hydrogen) atoms. The van der Waals surface area contributed by atoms with Crippen LogP contribution in [0.3, 0.4) is 0 Å². The third-order valence-electron chi connectivity index (χ3n) is 2.94. The molecule has 1 atom stereocenters. The second-order valence-electron chi connectivity index (χ2n) is 4.41. The molecule has 1 heterocycles. The average Bonchev–Trinajstić information content (AvgIpc) is 2.88. The van der Waals surface area contributed by atoms with Crippen molar-refractivity contribution in [2.45, 2.75) is 26.3 Å². The monoisotopic (exact) mass is 263 g/mol. The van der Waals surface area contributed by atoms with Gasteiger partial charge in [0.2, 0.25) is 0 Å². The van der Waals surface area contributed by atoms with Crippen LogP contribution in [0.25, 0.3) is 0 Å². The highest BCUT2D eigenvalue weighted by atomic mass is 35.5. The summed E-state index contributed by atoms with van der Waals surface area (Å²) >= 11 is 6.07. The summed E-state index contributed by atoms with van der Waals surface area (Å²) in [6.45, 7) is 5.12. The second-order valence-corrected chi connectivity index (χ2v) is 4.82. The molecule has 0 aliphatic heterocycles. The number of aryl methyl sites for hydroxylation is 1. The Bertz CT molecular complexity index is 493. The zero-order chi connectivity index (χ0) is 13.0. The first kappa shape index (κ1) is 13.2. The first-order valence-electron chi connectivity index (χ1n) is 6.25. The van der Waals surface area contributed by atoms with E-state index in [2.05, 4.69) is 18.3 Å². The van der Waals surface area contributed by atoms with Crippen molar-refractivity contribution in [2.24, 2.45) is 0 Å². The van der Waals surface area contributed by atoms with Crippen LogP contribution in [0, 0.1) is 6.92 Å². The van der Waals surface area contributed by atoms with Gasteiger partial charge >= 0.3 is 0 Å². The van der Waals surface area contributed by atoms with Crippen LogP contribution >= 0.6 is 11.6 Å². The van der Waals surface area contributed by atoms with Crippen molar-refractivity contribution >= 4 is 11.6 Å². The van der Waals surface area contributed by atoms with Gasteiger partial charge in [0.25, 0.3) is 0 Å². The van der Waals surface area contributed by atoms with E-state index < -0.39 is 0 Å². The maximum absolute atomic E-state index is 6.07. The molecule has 1 unspecified atom stereocenters. The highest BCUT2D eigenvalue weighted by Gasteiger charge is 2.16.